The van der Waals surface area contributed by atoms with Crippen molar-refractivity contribution in [3.63, 3.8) is 0 Å². The van der Waals surface area contributed by atoms with Gasteiger partial charge in [-0.1, -0.05) is 36.4 Å². The van der Waals surface area contributed by atoms with E-state index in [0.717, 1.165) is 36.1 Å². The molecule has 4 heteroatoms. The summed E-state index contributed by atoms with van der Waals surface area (Å²) in [6.45, 7) is 1.90. The van der Waals surface area contributed by atoms with Gasteiger partial charge in [-0.25, -0.2) is 4.98 Å². The van der Waals surface area contributed by atoms with Crippen LogP contribution < -0.4 is 5.32 Å². The molecule has 1 aliphatic rings. The molecule has 0 spiro atoms. The number of para-hydroxylation sites is 1. The number of imidazole rings is 1. The summed E-state index contributed by atoms with van der Waals surface area (Å²) in [5.41, 5.74) is 3.23. The second kappa shape index (κ2) is 5.23. The summed E-state index contributed by atoms with van der Waals surface area (Å²) in [5.74, 6) is 0.771. The van der Waals surface area contributed by atoms with Gasteiger partial charge in [0.15, 0.2) is 0 Å². The minimum Gasteiger partial charge on any atom is -0.342 e. The number of rotatable bonds is 3. The predicted molar refractivity (Wildman–Crippen MR) is 90.3 cm³/mol. The number of nitrogens with zero attached hydrogens (tertiary/aromatic N) is 1. The van der Waals surface area contributed by atoms with Gasteiger partial charge in [-0.15, -0.1) is 0 Å². The topological polar surface area (TPSA) is 57.8 Å². The Morgan fingerprint density at radius 2 is 1.91 bits per heavy atom. The molecule has 0 bridgehead atoms. The highest BCUT2D eigenvalue weighted by atomic mass is 16.1. The highest BCUT2D eigenvalue weighted by Crippen LogP contribution is 2.41. The van der Waals surface area contributed by atoms with Crippen molar-refractivity contribution in [3.05, 3.63) is 65.5 Å². The average molecular weight is 305 g/mol. The Morgan fingerprint density at radius 3 is 2.61 bits per heavy atom. The SMILES string of the molecule is Cc1nc2c(C(=O)NC3(c4ccccc4)CCC3)cccc2[nH]1. The first-order chi connectivity index (χ1) is 11.2. The summed E-state index contributed by atoms with van der Waals surface area (Å²) in [4.78, 5) is 20.5. The number of aromatic nitrogens is 2. The lowest BCUT2D eigenvalue weighted by atomic mass is 9.71. The first-order valence-corrected chi connectivity index (χ1v) is 8.01. The number of aryl methyl sites for hydroxylation is 1. The number of hydrogen-bond donors (Lipinski definition) is 2. The van der Waals surface area contributed by atoms with Crippen molar-refractivity contribution in [2.45, 2.75) is 31.7 Å². The Labute approximate surface area is 134 Å². The third-order valence-electron chi connectivity index (χ3n) is 4.76. The third kappa shape index (κ3) is 2.31. The van der Waals surface area contributed by atoms with E-state index >= 15 is 0 Å². The fourth-order valence-electron chi connectivity index (χ4n) is 3.40. The normalized spacial score (nSPS) is 16.0. The largest absolute Gasteiger partial charge is 0.342 e. The molecule has 0 atom stereocenters. The molecule has 1 saturated carbocycles. The van der Waals surface area contributed by atoms with E-state index in [4.69, 9.17) is 0 Å². The quantitative estimate of drug-likeness (QED) is 0.775. The van der Waals surface area contributed by atoms with Crippen LogP contribution in [0.25, 0.3) is 11.0 Å². The Bertz CT molecular complexity index is 863. The molecule has 1 aromatic heterocycles. The molecule has 0 radical (unpaired) electrons. The molecule has 1 amide bonds. The molecule has 1 aliphatic carbocycles. The van der Waals surface area contributed by atoms with Crippen molar-refractivity contribution < 1.29 is 4.79 Å². The maximum Gasteiger partial charge on any atom is 0.254 e. The van der Waals surface area contributed by atoms with Gasteiger partial charge >= 0.3 is 0 Å². The van der Waals surface area contributed by atoms with Crippen LogP contribution in [0.4, 0.5) is 0 Å². The first kappa shape index (κ1) is 14.0. The molecule has 1 fully saturated rings. The monoisotopic (exact) mass is 305 g/mol. The van der Waals surface area contributed by atoms with Gasteiger partial charge < -0.3 is 10.3 Å². The number of hydrogen-bond acceptors (Lipinski definition) is 2. The van der Waals surface area contributed by atoms with Crippen LogP contribution in [-0.4, -0.2) is 15.9 Å². The number of H-pyrrole nitrogens is 1. The van der Waals surface area contributed by atoms with Gasteiger partial charge in [0.25, 0.3) is 5.91 Å². The van der Waals surface area contributed by atoms with E-state index in [-0.39, 0.29) is 11.4 Å². The Balaban J connectivity index is 1.69. The summed E-state index contributed by atoms with van der Waals surface area (Å²) in [6.07, 6.45) is 3.11. The van der Waals surface area contributed by atoms with Gasteiger partial charge in [-0.3, -0.25) is 4.79 Å². The fraction of sp³-hybridized carbons (Fsp3) is 0.263. The second-order valence-corrected chi connectivity index (χ2v) is 6.28. The van der Waals surface area contributed by atoms with E-state index in [1.54, 1.807) is 0 Å². The number of carbonyl (C=O) groups excluding carboxylic acids is 1. The smallest absolute Gasteiger partial charge is 0.254 e. The number of nitrogens with one attached hydrogen (secondary N) is 2. The average Bonchev–Trinajstić information content (AvgIpc) is 2.91. The molecule has 2 N–H and O–H groups in total. The van der Waals surface area contributed by atoms with E-state index in [2.05, 4.69) is 27.4 Å². The van der Waals surface area contributed by atoms with Crippen LogP contribution in [0.1, 0.15) is 41.0 Å². The van der Waals surface area contributed by atoms with E-state index in [9.17, 15) is 4.79 Å². The number of benzene rings is 2. The zero-order valence-electron chi connectivity index (χ0n) is 13.1. The number of aromatic amines is 1. The van der Waals surface area contributed by atoms with Crippen molar-refractivity contribution >= 4 is 16.9 Å². The minimum absolute atomic E-state index is 0.0503. The number of amides is 1. The molecule has 1 heterocycles. The zero-order chi connectivity index (χ0) is 15.9. The van der Waals surface area contributed by atoms with E-state index in [0.29, 0.717) is 5.56 Å². The maximum atomic E-state index is 12.9. The molecular formula is C19H19N3O. The molecule has 2 aromatic carbocycles. The Hall–Kier alpha value is -2.62. The summed E-state index contributed by atoms with van der Waals surface area (Å²) in [7, 11) is 0. The van der Waals surface area contributed by atoms with E-state index in [1.165, 1.54) is 5.56 Å². The first-order valence-electron chi connectivity index (χ1n) is 8.01. The molecule has 0 saturated heterocycles. The van der Waals surface area contributed by atoms with Crippen molar-refractivity contribution in [3.8, 4) is 0 Å². The van der Waals surface area contributed by atoms with Gasteiger partial charge in [-0.2, -0.15) is 0 Å². The molecule has 3 aromatic rings. The van der Waals surface area contributed by atoms with E-state index < -0.39 is 0 Å². The van der Waals surface area contributed by atoms with Crippen LogP contribution in [0.15, 0.2) is 48.5 Å². The highest BCUT2D eigenvalue weighted by molar-refractivity contribution is 6.05. The lowest BCUT2D eigenvalue weighted by molar-refractivity contribution is 0.0825. The van der Waals surface area contributed by atoms with Gasteiger partial charge in [0.2, 0.25) is 0 Å². The maximum absolute atomic E-state index is 12.9. The lowest BCUT2D eigenvalue weighted by Gasteiger charge is -2.43. The number of fused-ring (bicyclic) bond motifs is 1. The van der Waals surface area contributed by atoms with E-state index in [1.807, 2.05) is 43.3 Å². The van der Waals surface area contributed by atoms with Crippen LogP contribution in [0.3, 0.4) is 0 Å². The van der Waals surface area contributed by atoms with Gasteiger partial charge in [-0.05, 0) is 43.9 Å². The van der Waals surface area contributed by atoms with Gasteiger partial charge in [0, 0.05) is 0 Å². The van der Waals surface area contributed by atoms with Crippen molar-refractivity contribution in [1.29, 1.82) is 0 Å². The second-order valence-electron chi connectivity index (χ2n) is 6.28. The molecule has 4 rings (SSSR count). The molecule has 23 heavy (non-hydrogen) atoms. The van der Waals surface area contributed by atoms with Crippen LogP contribution in [0.5, 0.6) is 0 Å². The summed E-state index contributed by atoms with van der Waals surface area (Å²) in [6, 6.07) is 15.9. The molecule has 116 valence electrons. The van der Waals surface area contributed by atoms with Crippen molar-refractivity contribution in [1.82, 2.24) is 15.3 Å². The van der Waals surface area contributed by atoms with Crippen LogP contribution in [0, 0.1) is 6.92 Å². The molecular weight excluding hydrogens is 286 g/mol. The van der Waals surface area contributed by atoms with Crippen molar-refractivity contribution in [2.75, 3.05) is 0 Å². The standard InChI is InChI=1S/C19H19N3O/c1-13-20-16-10-5-9-15(17(16)21-13)18(23)22-19(11-6-12-19)14-7-3-2-4-8-14/h2-5,7-10H,6,11-12H2,1H3,(H,20,21)(H,22,23). The van der Waals surface area contributed by atoms with Gasteiger partial charge in [0.05, 0.1) is 16.6 Å². The lowest BCUT2D eigenvalue weighted by Crippen LogP contribution is -2.50. The van der Waals surface area contributed by atoms with Crippen LogP contribution in [-0.2, 0) is 5.54 Å². The predicted octanol–water partition coefficient (Wildman–Crippen LogP) is 3.68. The summed E-state index contributed by atoms with van der Waals surface area (Å²) < 4.78 is 0. The van der Waals surface area contributed by atoms with Crippen LogP contribution >= 0.6 is 0 Å². The zero-order valence-corrected chi connectivity index (χ0v) is 13.1. The van der Waals surface area contributed by atoms with Gasteiger partial charge in [0.1, 0.15) is 11.3 Å². The minimum atomic E-state index is -0.230. The molecule has 0 unspecified atom stereocenters. The summed E-state index contributed by atoms with van der Waals surface area (Å²) in [5, 5.41) is 3.27. The molecule has 4 nitrogen and oxygen atoms in total. The fourth-order valence-corrected chi connectivity index (χ4v) is 3.40. The van der Waals surface area contributed by atoms with Crippen LogP contribution in [0.2, 0.25) is 0 Å². The molecule has 0 aliphatic heterocycles. The van der Waals surface area contributed by atoms with Crippen molar-refractivity contribution in [2.24, 2.45) is 0 Å². The Kier molecular flexibility index (Phi) is 3.18. The number of carbonyl (C=O) groups is 1. The third-order valence-corrected chi connectivity index (χ3v) is 4.76. The Morgan fingerprint density at radius 1 is 1.13 bits per heavy atom. The highest BCUT2D eigenvalue weighted by Gasteiger charge is 2.40. The summed E-state index contributed by atoms with van der Waals surface area (Å²) >= 11 is 0.